The summed E-state index contributed by atoms with van der Waals surface area (Å²) >= 11 is 0. The van der Waals surface area contributed by atoms with Gasteiger partial charge in [-0.3, -0.25) is 0 Å². The van der Waals surface area contributed by atoms with Gasteiger partial charge in [0.1, 0.15) is 0 Å². The second-order valence-corrected chi connectivity index (χ2v) is 8.19. The highest BCUT2D eigenvalue weighted by atomic mass is 32.2. The number of sulfone groups is 1. The second kappa shape index (κ2) is 5.05. The van der Waals surface area contributed by atoms with E-state index in [0.29, 0.717) is 5.92 Å². The minimum absolute atomic E-state index is 0.162. The van der Waals surface area contributed by atoms with Crippen molar-refractivity contribution in [1.29, 1.82) is 0 Å². The maximum atomic E-state index is 12.4. The Labute approximate surface area is 99.7 Å². The van der Waals surface area contributed by atoms with E-state index in [1.165, 1.54) is 0 Å². The summed E-state index contributed by atoms with van der Waals surface area (Å²) in [5.74, 6) is 0.647. The molecule has 0 bridgehead atoms. The third kappa shape index (κ3) is 2.77. The Kier molecular flexibility index (Phi) is 4.41. The Balaban J connectivity index is 2.89. The van der Waals surface area contributed by atoms with E-state index in [0.717, 1.165) is 19.3 Å². The van der Waals surface area contributed by atoms with Crippen molar-refractivity contribution in [2.45, 2.75) is 63.5 Å². The molecule has 0 aromatic rings. The molecule has 4 atom stereocenters. The predicted molar refractivity (Wildman–Crippen MR) is 68.0 cm³/mol. The van der Waals surface area contributed by atoms with Crippen molar-refractivity contribution < 1.29 is 8.42 Å². The summed E-state index contributed by atoms with van der Waals surface area (Å²) < 4.78 is 24.8. The fourth-order valence-corrected chi connectivity index (χ4v) is 4.92. The van der Waals surface area contributed by atoms with Gasteiger partial charge in [-0.2, -0.15) is 0 Å². The van der Waals surface area contributed by atoms with Gasteiger partial charge in [0, 0.05) is 6.04 Å². The first-order valence-electron chi connectivity index (χ1n) is 6.25. The quantitative estimate of drug-likeness (QED) is 0.829. The molecule has 0 heterocycles. The summed E-state index contributed by atoms with van der Waals surface area (Å²) in [5.41, 5.74) is 5.99. The average molecular weight is 247 g/mol. The molecule has 0 amide bonds. The van der Waals surface area contributed by atoms with Crippen LogP contribution in [0.15, 0.2) is 0 Å². The van der Waals surface area contributed by atoms with Gasteiger partial charge in [0.2, 0.25) is 0 Å². The van der Waals surface area contributed by atoms with Crippen molar-refractivity contribution in [3.05, 3.63) is 0 Å². The van der Waals surface area contributed by atoms with E-state index in [-0.39, 0.29) is 22.5 Å². The van der Waals surface area contributed by atoms with E-state index in [2.05, 4.69) is 6.92 Å². The summed E-state index contributed by atoms with van der Waals surface area (Å²) in [6, 6.07) is -0.164. The largest absolute Gasteiger partial charge is 0.327 e. The van der Waals surface area contributed by atoms with Crippen LogP contribution in [0, 0.1) is 11.8 Å². The van der Waals surface area contributed by atoms with Gasteiger partial charge in [-0.15, -0.1) is 0 Å². The molecular formula is C12H25NO2S. The Bertz CT molecular complexity index is 324. The van der Waals surface area contributed by atoms with Crippen LogP contribution in [0.3, 0.4) is 0 Å². The van der Waals surface area contributed by atoms with Gasteiger partial charge >= 0.3 is 0 Å². The van der Waals surface area contributed by atoms with E-state index in [4.69, 9.17) is 5.73 Å². The van der Waals surface area contributed by atoms with E-state index < -0.39 is 9.84 Å². The summed E-state index contributed by atoms with van der Waals surface area (Å²) in [6.45, 7) is 7.85. The Morgan fingerprint density at radius 3 is 2.25 bits per heavy atom. The summed E-state index contributed by atoms with van der Waals surface area (Å²) in [7, 11) is -3.07. The highest BCUT2D eigenvalue weighted by Gasteiger charge is 2.39. The average Bonchev–Trinajstić information content (AvgIpc) is 2.20. The topological polar surface area (TPSA) is 60.2 Å². The van der Waals surface area contributed by atoms with Gasteiger partial charge in [-0.1, -0.05) is 20.8 Å². The zero-order valence-electron chi connectivity index (χ0n) is 10.8. The van der Waals surface area contributed by atoms with Crippen LogP contribution in [0.25, 0.3) is 0 Å². The minimum atomic E-state index is -3.07. The summed E-state index contributed by atoms with van der Waals surface area (Å²) in [5, 5.41) is -0.609. The predicted octanol–water partition coefficient (Wildman–Crippen LogP) is 1.96. The van der Waals surface area contributed by atoms with Gasteiger partial charge in [0.05, 0.1) is 10.5 Å². The lowest BCUT2D eigenvalue weighted by atomic mass is 9.87. The van der Waals surface area contributed by atoms with E-state index in [1.54, 1.807) is 0 Å². The van der Waals surface area contributed by atoms with Crippen LogP contribution in [0.5, 0.6) is 0 Å². The fraction of sp³-hybridized carbons (Fsp3) is 1.00. The maximum Gasteiger partial charge on any atom is 0.157 e. The molecule has 96 valence electrons. The van der Waals surface area contributed by atoms with Gasteiger partial charge in [-0.25, -0.2) is 8.42 Å². The van der Waals surface area contributed by atoms with Crippen LogP contribution in [-0.4, -0.2) is 25.0 Å². The molecule has 0 aromatic carbocycles. The fourth-order valence-electron chi connectivity index (χ4n) is 2.38. The van der Waals surface area contributed by atoms with Crippen LogP contribution in [-0.2, 0) is 9.84 Å². The Hall–Kier alpha value is -0.0900. The first kappa shape index (κ1) is 14.0. The van der Waals surface area contributed by atoms with E-state index >= 15 is 0 Å². The standard InChI is InChI=1S/C12H25NO2S/c1-8(2)10(4)16(14,15)12-7-9(3)5-6-11(12)13/h8-12H,5-7,13H2,1-4H3. The lowest BCUT2D eigenvalue weighted by Crippen LogP contribution is -2.48. The molecule has 3 nitrogen and oxygen atoms in total. The molecule has 16 heavy (non-hydrogen) atoms. The molecule has 2 N–H and O–H groups in total. The van der Waals surface area contributed by atoms with Crippen molar-refractivity contribution in [1.82, 2.24) is 0 Å². The molecule has 1 aliphatic carbocycles. The van der Waals surface area contributed by atoms with Crippen molar-refractivity contribution >= 4 is 9.84 Å². The molecule has 0 aromatic heterocycles. The third-order valence-corrected chi connectivity index (χ3v) is 6.95. The lowest BCUT2D eigenvalue weighted by Gasteiger charge is -2.34. The highest BCUT2D eigenvalue weighted by molar-refractivity contribution is 7.92. The molecular weight excluding hydrogens is 222 g/mol. The van der Waals surface area contributed by atoms with Crippen LogP contribution in [0.2, 0.25) is 0 Å². The third-order valence-electron chi connectivity index (χ3n) is 3.98. The number of hydrogen-bond acceptors (Lipinski definition) is 3. The molecule has 0 aliphatic heterocycles. The number of rotatable bonds is 3. The zero-order chi connectivity index (χ0) is 12.5. The molecule has 1 saturated carbocycles. The van der Waals surface area contributed by atoms with Crippen LogP contribution >= 0.6 is 0 Å². The summed E-state index contributed by atoms with van der Waals surface area (Å²) in [6.07, 6.45) is 2.64. The zero-order valence-corrected chi connectivity index (χ0v) is 11.6. The van der Waals surface area contributed by atoms with Crippen LogP contribution in [0.1, 0.15) is 47.0 Å². The van der Waals surface area contributed by atoms with Crippen LogP contribution < -0.4 is 5.73 Å². The van der Waals surface area contributed by atoms with E-state index in [9.17, 15) is 8.42 Å². The highest BCUT2D eigenvalue weighted by Crippen LogP contribution is 2.31. The number of hydrogen-bond donors (Lipinski definition) is 1. The molecule has 0 saturated heterocycles. The van der Waals surface area contributed by atoms with Crippen LogP contribution in [0.4, 0.5) is 0 Å². The SMILES string of the molecule is CC1CCC(N)C(S(=O)(=O)C(C)C(C)C)C1. The monoisotopic (exact) mass is 247 g/mol. The second-order valence-electron chi connectivity index (χ2n) is 5.66. The van der Waals surface area contributed by atoms with Gasteiger partial charge in [0.25, 0.3) is 0 Å². The van der Waals surface area contributed by atoms with E-state index in [1.807, 2.05) is 20.8 Å². The molecule has 0 radical (unpaired) electrons. The molecule has 0 spiro atoms. The molecule has 1 fully saturated rings. The Morgan fingerprint density at radius 1 is 1.19 bits per heavy atom. The van der Waals surface area contributed by atoms with Crippen molar-refractivity contribution in [3.8, 4) is 0 Å². The molecule has 1 aliphatic rings. The van der Waals surface area contributed by atoms with Gasteiger partial charge < -0.3 is 5.73 Å². The Morgan fingerprint density at radius 2 is 1.75 bits per heavy atom. The minimum Gasteiger partial charge on any atom is -0.327 e. The smallest absolute Gasteiger partial charge is 0.157 e. The van der Waals surface area contributed by atoms with Gasteiger partial charge in [0.15, 0.2) is 9.84 Å². The van der Waals surface area contributed by atoms with Crippen molar-refractivity contribution in [2.24, 2.45) is 17.6 Å². The first-order chi connectivity index (χ1) is 7.26. The first-order valence-corrected chi connectivity index (χ1v) is 7.86. The molecule has 1 rings (SSSR count). The normalized spacial score (nSPS) is 34.0. The maximum absolute atomic E-state index is 12.4. The van der Waals surface area contributed by atoms with Gasteiger partial charge in [-0.05, 0) is 38.0 Å². The van der Waals surface area contributed by atoms with Crippen molar-refractivity contribution in [3.63, 3.8) is 0 Å². The van der Waals surface area contributed by atoms with Crippen molar-refractivity contribution in [2.75, 3.05) is 0 Å². The summed E-state index contributed by atoms with van der Waals surface area (Å²) in [4.78, 5) is 0. The lowest BCUT2D eigenvalue weighted by molar-refractivity contribution is 0.343. The number of nitrogens with two attached hydrogens (primary N) is 1. The molecule has 4 unspecified atom stereocenters. The molecule has 4 heteroatoms.